The van der Waals surface area contributed by atoms with E-state index < -0.39 is 0 Å². The highest BCUT2D eigenvalue weighted by Crippen LogP contribution is 2.72. The summed E-state index contributed by atoms with van der Waals surface area (Å²) in [7, 11) is 0. The highest BCUT2D eigenvalue weighted by Gasteiger charge is 2.66. The Morgan fingerprint density at radius 1 is 0.867 bits per heavy atom. The third-order valence-electron chi connectivity index (χ3n) is 10.5. The number of nitrogens with two attached hydrogens (primary N) is 1. The van der Waals surface area contributed by atoms with Gasteiger partial charge in [-0.05, 0) is 85.4 Å². The molecule has 1 nitrogen and oxygen atoms in total. The summed E-state index contributed by atoms with van der Waals surface area (Å²) < 4.78 is 0. The Balaban J connectivity index is 1.81. The third kappa shape index (κ3) is 5.13. The second-order valence-corrected chi connectivity index (χ2v) is 12.4. The largest absolute Gasteiger partial charge is 0.328 e. The van der Waals surface area contributed by atoms with Crippen LogP contribution in [-0.2, 0) is 0 Å². The Labute approximate surface area is 189 Å². The lowest BCUT2D eigenvalue weighted by Gasteiger charge is -2.45. The maximum atomic E-state index is 6.52. The minimum Gasteiger partial charge on any atom is -0.328 e. The lowest BCUT2D eigenvalue weighted by molar-refractivity contribution is 0.0447. The van der Waals surface area contributed by atoms with Crippen LogP contribution in [0.15, 0.2) is 0 Å². The Bertz CT molecular complexity index is 500. The van der Waals surface area contributed by atoms with Gasteiger partial charge < -0.3 is 5.73 Å². The van der Waals surface area contributed by atoms with Gasteiger partial charge in [0.2, 0.25) is 0 Å². The second-order valence-electron chi connectivity index (χ2n) is 12.4. The quantitative estimate of drug-likeness (QED) is 0.315. The molecule has 3 fully saturated rings. The van der Waals surface area contributed by atoms with Gasteiger partial charge in [0, 0.05) is 6.04 Å². The van der Waals surface area contributed by atoms with Crippen molar-refractivity contribution in [1.82, 2.24) is 0 Å². The van der Waals surface area contributed by atoms with Crippen molar-refractivity contribution in [2.45, 2.75) is 143 Å². The van der Waals surface area contributed by atoms with Gasteiger partial charge in [0.25, 0.3) is 0 Å². The lowest BCUT2D eigenvalue weighted by Crippen LogP contribution is -2.37. The van der Waals surface area contributed by atoms with Crippen LogP contribution >= 0.6 is 0 Å². The molecule has 176 valence electrons. The Morgan fingerprint density at radius 2 is 1.57 bits per heavy atom. The van der Waals surface area contributed by atoms with Crippen LogP contribution in [0.5, 0.6) is 0 Å². The van der Waals surface area contributed by atoms with Crippen molar-refractivity contribution in [1.29, 1.82) is 0 Å². The van der Waals surface area contributed by atoms with E-state index in [1.54, 1.807) is 0 Å². The zero-order chi connectivity index (χ0) is 21.8. The molecule has 0 heterocycles. The summed E-state index contributed by atoms with van der Waals surface area (Å²) in [6, 6.07) is 0.471. The van der Waals surface area contributed by atoms with Crippen LogP contribution in [0.25, 0.3) is 0 Å². The summed E-state index contributed by atoms with van der Waals surface area (Å²) in [6.45, 7) is 12.6. The van der Waals surface area contributed by atoms with Crippen LogP contribution in [0, 0.1) is 40.4 Å². The lowest BCUT2D eigenvalue weighted by atomic mass is 9.60. The van der Waals surface area contributed by atoms with Gasteiger partial charge in [-0.15, -0.1) is 0 Å². The first kappa shape index (κ1) is 24.6. The normalized spacial score (nSPS) is 42.4. The van der Waals surface area contributed by atoms with Crippen LogP contribution in [0.4, 0.5) is 0 Å². The average Bonchev–Trinajstić information content (AvgIpc) is 3.04. The summed E-state index contributed by atoms with van der Waals surface area (Å²) >= 11 is 0. The SMILES string of the molecule is CCCCCCCC(C1CCCC[C@@H]1C)C1(C[C@@]2(CCC)CCC(N)C2)C(C)C1C. The van der Waals surface area contributed by atoms with Gasteiger partial charge in [-0.25, -0.2) is 0 Å². The van der Waals surface area contributed by atoms with Crippen LogP contribution in [0.1, 0.15) is 137 Å². The molecule has 0 aromatic rings. The van der Waals surface area contributed by atoms with Crippen molar-refractivity contribution in [2.75, 3.05) is 0 Å². The van der Waals surface area contributed by atoms with Crippen molar-refractivity contribution in [3.63, 3.8) is 0 Å². The molecule has 2 N–H and O–H groups in total. The molecule has 1 heteroatoms. The van der Waals surface area contributed by atoms with E-state index in [9.17, 15) is 0 Å². The maximum absolute atomic E-state index is 6.52. The molecule has 0 radical (unpaired) electrons. The van der Waals surface area contributed by atoms with Crippen LogP contribution in [-0.4, -0.2) is 6.04 Å². The van der Waals surface area contributed by atoms with E-state index in [0.29, 0.717) is 16.9 Å². The van der Waals surface area contributed by atoms with Crippen LogP contribution < -0.4 is 5.73 Å². The molecule has 0 aliphatic heterocycles. The van der Waals surface area contributed by atoms with E-state index in [1.807, 2.05) is 0 Å². The molecule has 0 bridgehead atoms. The van der Waals surface area contributed by atoms with E-state index in [0.717, 1.165) is 29.6 Å². The van der Waals surface area contributed by atoms with Crippen molar-refractivity contribution in [3.05, 3.63) is 0 Å². The average molecular weight is 418 g/mol. The molecule has 30 heavy (non-hydrogen) atoms. The van der Waals surface area contributed by atoms with Gasteiger partial charge in [0.05, 0.1) is 0 Å². The Kier molecular flexibility index (Phi) is 8.79. The minimum atomic E-state index is 0.471. The maximum Gasteiger partial charge on any atom is 0.00443 e. The molecular weight excluding hydrogens is 362 g/mol. The third-order valence-corrected chi connectivity index (χ3v) is 10.5. The van der Waals surface area contributed by atoms with E-state index in [2.05, 4.69) is 34.6 Å². The molecule has 0 spiro atoms. The number of rotatable bonds is 12. The zero-order valence-electron chi connectivity index (χ0n) is 21.4. The molecule has 0 aromatic carbocycles. The van der Waals surface area contributed by atoms with Crippen molar-refractivity contribution in [3.8, 4) is 0 Å². The first-order chi connectivity index (χ1) is 14.4. The second kappa shape index (κ2) is 10.7. The Morgan fingerprint density at radius 3 is 2.13 bits per heavy atom. The highest BCUT2D eigenvalue weighted by molar-refractivity contribution is 5.14. The first-order valence-electron chi connectivity index (χ1n) is 14.2. The van der Waals surface area contributed by atoms with Gasteiger partial charge in [0.1, 0.15) is 0 Å². The summed E-state index contributed by atoms with van der Waals surface area (Å²) in [4.78, 5) is 0. The van der Waals surface area contributed by atoms with Gasteiger partial charge in [-0.3, -0.25) is 0 Å². The molecule has 7 atom stereocenters. The molecular formula is C29H55N. The minimum absolute atomic E-state index is 0.471. The summed E-state index contributed by atoms with van der Waals surface area (Å²) in [5, 5.41) is 0. The van der Waals surface area contributed by atoms with Gasteiger partial charge >= 0.3 is 0 Å². The summed E-state index contributed by atoms with van der Waals surface area (Å²) in [5.41, 5.74) is 7.70. The predicted octanol–water partition coefficient (Wildman–Crippen LogP) is 8.75. The van der Waals surface area contributed by atoms with Gasteiger partial charge in [-0.1, -0.05) is 92.4 Å². The standard InChI is InChI=1S/C29H55N/c1-6-8-9-10-11-16-27(26-15-13-12-14-22(26)3)29(23(4)24(29)5)21-28(18-7-2)19-17-25(30)20-28/h22-27H,6-21,30H2,1-5H3/t22-,23?,24?,25?,26?,27?,28-,29?/m0/s1. The fraction of sp³-hybridized carbons (Fsp3) is 1.00. The van der Waals surface area contributed by atoms with E-state index in [4.69, 9.17) is 5.73 Å². The Hall–Kier alpha value is -0.0400. The van der Waals surface area contributed by atoms with Crippen LogP contribution in [0.3, 0.4) is 0 Å². The molecule has 3 saturated carbocycles. The summed E-state index contributed by atoms with van der Waals surface area (Å²) in [6.07, 6.45) is 23.0. The molecule has 5 unspecified atom stereocenters. The highest BCUT2D eigenvalue weighted by atomic mass is 14.7. The molecule has 3 aliphatic carbocycles. The zero-order valence-corrected chi connectivity index (χ0v) is 21.4. The molecule has 3 aliphatic rings. The van der Waals surface area contributed by atoms with E-state index in [-0.39, 0.29) is 0 Å². The first-order valence-corrected chi connectivity index (χ1v) is 14.2. The van der Waals surface area contributed by atoms with Crippen molar-refractivity contribution >= 4 is 0 Å². The summed E-state index contributed by atoms with van der Waals surface area (Å²) in [5.74, 6) is 4.77. The smallest absolute Gasteiger partial charge is 0.00443 e. The molecule has 0 aromatic heterocycles. The molecule has 3 rings (SSSR count). The fourth-order valence-corrected chi connectivity index (χ4v) is 8.72. The topological polar surface area (TPSA) is 26.0 Å². The van der Waals surface area contributed by atoms with E-state index in [1.165, 1.54) is 103 Å². The van der Waals surface area contributed by atoms with Crippen molar-refractivity contribution < 1.29 is 0 Å². The number of unbranched alkanes of at least 4 members (excludes halogenated alkanes) is 4. The van der Waals surface area contributed by atoms with Gasteiger partial charge in [-0.2, -0.15) is 0 Å². The fourth-order valence-electron chi connectivity index (χ4n) is 8.72. The molecule has 0 amide bonds. The van der Waals surface area contributed by atoms with Crippen LogP contribution in [0.2, 0.25) is 0 Å². The predicted molar refractivity (Wildman–Crippen MR) is 133 cm³/mol. The van der Waals surface area contributed by atoms with Gasteiger partial charge in [0.15, 0.2) is 0 Å². The number of hydrogen-bond donors (Lipinski definition) is 1. The number of hydrogen-bond acceptors (Lipinski definition) is 1. The van der Waals surface area contributed by atoms with E-state index >= 15 is 0 Å². The monoisotopic (exact) mass is 417 g/mol. The molecule has 0 saturated heterocycles. The van der Waals surface area contributed by atoms with Crippen molar-refractivity contribution in [2.24, 2.45) is 46.2 Å².